The Labute approximate surface area is 148 Å². The first-order valence-corrected chi connectivity index (χ1v) is 8.34. The second kappa shape index (κ2) is 5.50. The third kappa shape index (κ3) is 2.12. The van der Waals surface area contributed by atoms with Crippen LogP contribution in [0.1, 0.15) is 17.8 Å². The zero-order valence-electron chi connectivity index (χ0n) is 14.1. The van der Waals surface area contributed by atoms with Crippen LogP contribution in [0.25, 0.3) is 17.1 Å². The molecule has 0 spiro atoms. The molecule has 1 atom stereocenters. The molecular formula is C18H16FN5O2. The highest BCUT2D eigenvalue weighted by atomic mass is 19.1. The molecule has 7 nitrogen and oxygen atoms in total. The van der Waals surface area contributed by atoms with Crippen LogP contribution >= 0.6 is 0 Å². The van der Waals surface area contributed by atoms with Crippen LogP contribution in [0.3, 0.4) is 0 Å². The Kier molecular flexibility index (Phi) is 3.23. The lowest BCUT2D eigenvalue weighted by molar-refractivity contribution is 0.182. The number of halogens is 1. The van der Waals surface area contributed by atoms with E-state index in [4.69, 9.17) is 9.26 Å². The summed E-state index contributed by atoms with van der Waals surface area (Å²) < 4.78 is 28.3. The van der Waals surface area contributed by atoms with E-state index in [1.54, 1.807) is 22.8 Å². The number of ether oxygens (including phenoxy) is 1. The van der Waals surface area contributed by atoms with E-state index in [2.05, 4.69) is 15.2 Å². The molecule has 0 unspecified atom stereocenters. The highest BCUT2D eigenvalue weighted by Gasteiger charge is 2.43. The first-order chi connectivity index (χ1) is 12.7. The zero-order chi connectivity index (χ0) is 17.7. The number of aryl methyl sites for hydroxylation is 1. The Morgan fingerprint density at radius 1 is 1.19 bits per heavy atom. The molecule has 1 saturated heterocycles. The number of imidazole rings is 1. The third-order valence-corrected chi connectivity index (χ3v) is 5.04. The van der Waals surface area contributed by atoms with Gasteiger partial charge in [-0.2, -0.15) is 10.1 Å². The summed E-state index contributed by atoms with van der Waals surface area (Å²) in [5, 5.41) is 8.55. The van der Waals surface area contributed by atoms with Gasteiger partial charge in [-0.3, -0.25) is 0 Å². The van der Waals surface area contributed by atoms with Crippen LogP contribution in [0.15, 0.2) is 47.4 Å². The SMILES string of the molecule is Cn1ccn2ncc(-c3nc([C@@]4(c5ccc(F)cc5)CCOC4)no3)c12. The largest absolute Gasteiger partial charge is 0.380 e. The number of hydrogen-bond donors (Lipinski definition) is 0. The lowest BCUT2D eigenvalue weighted by Crippen LogP contribution is -2.29. The molecular weight excluding hydrogens is 337 g/mol. The van der Waals surface area contributed by atoms with Gasteiger partial charge in [0.25, 0.3) is 5.89 Å². The van der Waals surface area contributed by atoms with Gasteiger partial charge in [-0.05, 0) is 24.1 Å². The minimum absolute atomic E-state index is 0.275. The summed E-state index contributed by atoms with van der Waals surface area (Å²) in [6.07, 6.45) is 6.20. The fourth-order valence-corrected chi connectivity index (χ4v) is 3.60. The smallest absolute Gasteiger partial charge is 0.263 e. The Bertz CT molecular complexity index is 1070. The molecule has 4 heterocycles. The summed E-state index contributed by atoms with van der Waals surface area (Å²) >= 11 is 0. The fourth-order valence-electron chi connectivity index (χ4n) is 3.60. The molecule has 26 heavy (non-hydrogen) atoms. The molecule has 0 aliphatic carbocycles. The number of nitrogens with zero attached hydrogens (tertiary/aromatic N) is 5. The first-order valence-electron chi connectivity index (χ1n) is 8.34. The van der Waals surface area contributed by atoms with E-state index in [0.717, 1.165) is 16.8 Å². The molecule has 4 aromatic rings. The zero-order valence-corrected chi connectivity index (χ0v) is 14.1. The summed E-state index contributed by atoms with van der Waals surface area (Å²) in [7, 11) is 1.93. The van der Waals surface area contributed by atoms with Gasteiger partial charge in [-0.1, -0.05) is 17.3 Å². The van der Waals surface area contributed by atoms with Crippen LogP contribution < -0.4 is 0 Å². The molecule has 0 N–H and O–H groups in total. The van der Waals surface area contributed by atoms with E-state index in [1.165, 1.54) is 12.1 Å². The lowest BCUT2D eigenvalue weighted by Gasteiger charge is -2.23. The minimum Gasteiger partial charge on any atom is -0.380 e. The lowest BCUT2D eigenvalue weighted by atomic mass is 9.79. The Balaban J connectivity index is 1.61. The Morgan fingerprint density at radius 2 is 2.04 bits per heavy atom. The van der Waals surface area contributed by atoms with E-state index < -0.39 is 5.41 Å². The van der Waals surface area contributed by atoms with E-state index in [0.29, 0.717) is 31.3 Å². The average molecular weight is 353 g/mol. The quantitative estimate of drug-likeness (QED) is 0.566. The van der Waals surface area contributed by atoms with Gasteiger partial charge in [0.2, 0.25) is 0 Å². The molecule has 1 fully saturated rings. The maximum Gasteiger partial charge on any atom is 0.263 e. The van der Waals surface area contributed by atoms with Crippen molar-refractivity contribution in [1.82, 2.24) is 24.3 Å². The Hall–Kier alpha value is -3.00. The van der Waals surface area contributed by atoms with Crippen molar-refractivity contribution in [2.75, 3.05) is 13.2 Å². The summed E-state index contributed by atoms with van der Waals surface area (Å²) in [6.45, 7) is 1.03. The van der Waals surface area contributed by atoms with Gasteiger partial charge >= 0.3 is 0 Å². The van der Waals surface area contributed by atoms with Crippen LogP contribution in [0.2, 0.25) is 0 Å². The van der Waals surface area contributed by atoms with Crippen molar-refractivity contribution in [3.05, 3.63) is 60.1 Å². The monoisotopic (exact) mass is 353 g/mol. The predicted octanol–water partition coefficient (Wildman–Crippen LogP) is 2.57. The van der Waals surface area contributed by atoms with Crippen molar-refractivity contribution in [1.29, 1.82) is 0 Å². The van der Waals surface area contributed by atoms with E-state index in [-0.39, 0.29) is 5.82 Å². The van der Waals surface area contributed by atoms with Gasteiger partial charge in [0.15, 0.2) is 5.82 Å². The van der Waals surface area contributed by atoms with E-state index in [9.17, 15) is 4.39 Å². The van der Waals surface area contributed by atoms with Crippen molar-refractivity contribution < 1.29 is 13.7 Å². The second-order valence-corrected chi connectivity index (χ2v) is 6.55. The Morgan fingerprint density at radius 3 is 2.81 bits per heavy atom. The predicted molar refractivity (Wildman–Crippen MR) is 90.1 cm³/mol. The summed E-state index contributed by atoms with van der Waals surface area (Å²) in [5.41, 5.74) is 2.03. The van der Waals surface area contributed by atoms with Crippen molar-refractivity contribution in [2.24, 2.45) is 7.05 Å². The molecule has 1 aliphatic rings. The topological polar surface area (TPSA) is 70.4 Å². The normalized spacial score (nSPS) is 20.2. The summed E-state index contributed by atoms with van der Waals surface area (Å²) in [6, 6.07) is 6.41. The molecule has 5 rings (SSSR count). The molecule has 3 aromatic heterocycles. The van der Waals surface area contributed by atoms with Crippen LogP contribution in [-0.4, -0.2) is 37.5 Å². The van der Waals surface area contributed by atoms with Crippen LogP contribution in [0.5, 0.6) is 0 Å². The van der Waals surface area contributed by atoms with Gasteiger partial charge in [0, 0.05) is 26.0 Å². The van der Waals surface area contributed by atoms with E-state index >= 15 is 0 Å². The highest BCUT2D eigenvalue weighted by Crippen LogP contribution is 2.39. The number of benzene rings is 1. The van der Waals surface area contributed by atoms with Gasteiger partial charge in [-0.15, -0.1) is 0 Å². The highest BCUT2D eigenvalue weighted by molar-refractivity contribution is 5.71. The molecule has 0 bridgehead atoms. The second-order valence-electron chi connectivity index (χ2n) is 6.55. The van der Waals surface area contributed by atoms with Crippen molar-refractivity contribution in [3.8, 4) is 11.5 Å². The van der Waals surface area contributed by atoms with Crippen LogP contribution in [0, 0.1) is 5.82 Å². The molecule has 0 saturated carbocycles. The molecule has 0 radical (unpaired) electrons. The molecule has 132 valence electrons. The maximum absolute atomic E-state index is 13.4. The number of rotatable bonds is 3. The van der Waals surface area contributed by atoms with Crippen molar-refractivity contribution in [3.63, 3.8) is 0 Å². The fraction of sp³-hybridized carbons (Fsp3) is 0.278. The molecule has 0 amide bonds. The molecule has 1 aliphatic heterocycles. The van der Waals surface area contributed by atoms with Gasteiger partial charge in [0.05, 0.1) is 18.2 Å². The average Bonchev–Trinajstić information content (AvgIpc) is 3.41. The van der Waals surface area contributed by atoms with E-state index in [1.807, 2.05) is 24.0 Å². The summed E-state index contributed by atoms with van der Waals surface area (Å²) in [4.78, 5) is 4.66. The summed E-state index contributed by atoms with van der Waals surface area (Å²) in [5.74, 6) is 0.679. The number of fused-ring (bicyclic) bond motifs is 1. The number of aromatic nitrogens is 5. The van der Waals surface area contributed by atoms with Gasteiger partial charge in [0.1, 0.15) is 17.0 Å². The first kappa shape index (κ1) is 15.3. The van der Waals surface area contributed by atoms with Gasteiger partial charge in [-0.25, -0.2) is 8.91 Å². The van der Waals surface area contributed by atoms with Crippen LogP contribution in [-0.2, 0) is 17.2 Å². The maximum atomic E-state index is 13.4. The molecule has 8 heteroatoms. The van der Waals surface area contributed by atoms with Crippen LogP contribution in [0.4, 0.5) is 4.39 Å². The molecule has 1 aromatic carbocycles. The van der Waals surface area contributed by atoms with Crippen molar-refractivity contribution >= 4 is 5.65 Å². The van der Waals surface area contributed by atoms with Crippen molar-refractivity contribution in [2.45, 2.75) is 11.8 Å². The third-order valence-electron chi connectivity index (χ3n) is 5.04. The standard InChI is InChI=1S/C18H16FN5O2/c1-23-7-8-24-16(23)14(10-20-24)15-21-17(22-26-15)18(6-9-25-11-18)12-2-4-13(19)5-3-12/h2-5,7-8,10H,6,9,11H2,1H3/t18-/m0/s1. The van der Waals surface area contributed by atoms with Gasteiger partial charge < -0.3 is 13.8 Å². The minimum atomic E-state index is -0.532. The number of hydrogen-bond acceptors (Lipinski definition) is 5.